The van der Waals surface area contributed by atoms with Gasteiger partial charge in [-0.15, -0.1) is 0 Å². The average molecular weight is 355 g/mol. The number of ketones is 1. The molecule has 0 unspecified atom stereocenters. The quantitative estimate of drug-likeness (QED) is 0.688. The molecular formula is C20H38O3Si. The Bertz CT molecular complexity index is 444. The zero-order valence-corrected chi connectivity index (χ0v) is 17.7. The van der Waals surface area contributed by atoms with Gasteiger partial charge in [0.05, 0.1) is 11.2 Å². The fourth-order valence-corrected chi connectivity index (χ4v) is 8.38. The maximum Gasteiger partial charge on any atom is 0.192 e. The Labute approximate surface area is 149 Å². The average Bonchev–Trinajstić information content (AvgIpc) is 2.72. The molecule has 4 atom stereocenters. The molecule has 4 heteroatoms. The first-order chi connectivity index (χ1) is 11.1. The van der Waals surface area contributed by atoms with Crippen molar-refractivity contribution in [2.24, 2.45) is 17.8 Å². The van der Waals surface area contributed by atoms with E-state index in [1.54, 1.807) is 0 Å². The highest BCUT2D eigenvalue weighted by Gasteiger charge is 2.53. The van der Waals surface area contributed by atoms with Gasteiger partial charge in [0.15, 0.2) is 8.32 Å². The topological polar surface area (TPSA) is 46.5 Å². The van der Waals surface area contributed by atoms with Gasteiger partial charge >= 0.3 is 0 Å². The molecule has 2 saturated carbocycles. The number of rotatable bonds is 6. The summed E-state index contributed by atoms with van der Waals surface area (Å²) in [5.74, 6) is 1.04. The third-order valence-electron chi connectivity index (χ3n) is 7.29. The van der Waals surface area contributed by atoms with Gasteiger partial charge < -0.3 is 9.53 Å². The largest absolute Gasteiger partial charge is 0.411 e. The smallest absolute Gasteiger partial charge is 0.192 e. The number of Topliss-reactive ketones (excluding diaryl/α,β-unsaturated/α-hetero) is 1. The van der Waals surface area contributed by atoms with Gasteiger partial charge in [0.2, 0.25) is 0 Å². The maximum atomic E-state index is 12.7. The van der Waals surface area contributed by atoms with Crippen LogP contribution in [0.2, 0.25) is 18.1 Å². The van der Waals surface area contributed by atoms with E-state index in [1.807, 2.05) is 13.8 Å². The second-order valence-electron chi connectivity index (χ2n) is 9.00. The van der Waals surface area contributed by atoms with Crippen LogP contribution in [0, 0.1) is 17.8 Å². The van der Waals surface area contributed by atoms with E-state index in [1.165, 1.54) is 0 Å². The third-order valence-corrected chi connectivity index (χ3v) is 12.1. The predicted octanol–water partition coefficient (Wildman–Crippen LogP) is 4.93. The number of hydrogen-bond acceptors (Lipinski definition) is 3. The standard InChI is InChI=1S/C20H38O3Si/c1-7-24(8-2,9-3)23-20(6)13-12-16-17(20)14-15(19(4,5)22)10-11-18(16)21/h15-17,22H,7-14H2,1-6H3/t15-,16-,17-,20-/m1/s1. The first-order valence-electron chi connectivity index (χ1n) is 10.1. The van der Waals surface area contributed by atoms with Crippen molar-refractivity contribution in [3.05, 3.63) is 0 Å². The van der Waals surface area contributed by atoms with Crippen molar-refractivity contribution in [2.75, 3.05) is 0 Å². The molecule has 0 bridgehead atoms. The molecule has 3 nitrogen and oxygen atoms in total. The molecule has 24 heavy (non-hydrogen) atoms. The molecule has 0 aromatic carbocycles. The van der Waals surface area contributed by atoms with Crippen LogP contribution in [0.25, 0.3) is 0 Å². The lowest BCUT2D eigenvalue weighted by molar-refractivity contribution is -0.124. The van der Waals surface area contributed by atoms with E-state index >= 15 is 0 Å². The van der Waals surface area contributed by atoms with Gasteiger partial charge in [-0.25, -0.2) is 0 Å². The molecular weight excluding hydrogens is 316 g/mol. The number of aliphatic hydroxyl groups is 1. The highest BCUT2D eigenvalue weighted by atomic mass is 28.4. The molecule has 0 radical (unpaired) electrons. The summed E-state index contributed by atoms with van der Waals surface area (Å²) in [7, 11) is -1.71. The van der Waals surface area contributed by atoms with Gasteiger partial charge in [0, 0.05) is 12.3 Å². The normalized spacial score (nSPS) is 35.0. The van der Waals surface area contributed by atoms with Crippen LogP contribution in [0.3, 0.4) is 0 Å². The molecule has 0 heterocycles. The van der Waals surface area contributed by atoms with Crippen LogP contribution in [0.15, 0.2) is 0 Å². The van der Waals surface area contributed by atoms with Crippen LogP contribution in [-0.4, -0.2) is 30.4 Å². The second-order valence-corrected chi connectivity index (χ2v) is 13.7. The van der Waals surface area contributed by atoms with Crippen LogP contribution in [0.5, 0.6) is 0 Å². The molecule has 0 aliphatic heterocycles. The van der Waals surface area contributed by atoms with E-state index in [0.717, 1.165) is 43.8 Å². The Balaban J connectivity index is 2.30. The molecule has 2 fully saturated rings. The molecule has 2 aliphatic rings. The van der Waals surface area contributed by atoms with Crippen LogP contribution < -0.4 is 0 Å². The van der Waals surface area contributed by atoms with Crippen molar-refractivity contribution in [2.45, 2.75) is 103 Å². The molecule has 0 spiro atoms. The van der Waals surface area contributed by atoms with E-state index in [9.17, 15) is 9.90 Å². The summed E-state index contributed by atoms with van der Waals surface area (Å²) < 4.78 is 6.97. The molecule has 0 saturated heterocycles. The Morgan fingerprint density at radius 2 is 1.79 bits per heavy atom. The molecule has 0 aromatic rings. The Morgan fingerprint density at radius 3 is 2.29 bits per heavy atom. The molecule has 1 N–H and O–H groups in total. The number of fused-ring (bicyclic) bond motifs is 1. The highest BCUT2D eigenvalue weighted by molar-refractivity contribution is 6.73. The molecule has 2 aliphatic carbocycles. The van der Waals surface area contributed by atoms with Gasteiger partial charge in [-0.2, -0.15) is 0 Å². The highest BCUT2D eigenvalue weighted by Crippen LogP contribution is 2.52. The van der Waals surface area contributed by atoms with Gasteiger partial charge in [-0.1, -0.05) is 20.8 Å². The Kier molecular flexibility index (Phi) is 6.04. The van der Waals surface area contributed by atoms with Gasteiger partial charge in [-0.05, 0) is 76.4 Å². The Hall–Kier alpha value is -0.193. The van der Waals surface area contributed by atoms with E-state index in [0.29, 0.717) is 12.2 Å². The summed E-state index contributed by atoms with van der Waals surface area (Å²) in [5.41, 5.74) is -0.893. The Morgan fingerprint density at radius 1 is 1.21 bits per heavy atom. The fraction of sp³-hybridized carbons (Fsp3) is 0.950. The molecule has 0 amide bonds. The number of hydrogen-bond donors (Lipinski definition) is 1. The lowest BCUT2D eigenvalue weighted by atomic mass is 9.76. The van der Waals surface area contributed by atoms with Crippen LogP contribution >= 0.6 is 0 Å². The molecule has 2 rings (SSSR count). The lowest BCUT2D eigenvalue weighted by Crippen LogP contribution is -2.49. The minimum absolute atomic E-state index is 0.152. The number of carbonyl (C=O) groups excluding carboxylic acids is 1. The van der Waals surface area contributed by atoms with Crippen LogP contribution in [0.4, 0.5) is 0 Å². The van der Waals surface area contributed by atoms with Crippen molar-refractivity contribution < 1.29 is 14.3 Å². The summed E-state index contributed by atoms with van der Waals surface area (Å²) >= 11 is 0. The fourth-order valence-electron chi connectivity index (χ4n) is 5.21. The maximum absolute atomic E-state index is 12.7. The van der Waals surface area contributed by atoms with Crippen molar-refractivity contribution >= 4 is 14.1 Å². The van der Waals surface area contributed by atoms with Gasteiger partial charge in [0.1, 0.15) is 5.78 Å². The van der Waals surface area contributed by atoms with Crippen molar-refractivity contribution in [1.29, 1.82) is 0 Å². The van der Waals surface area contributed by atoms with E-state index in [-0.39, 0.29) is 23.4 Å². The zero-order chi connectivity index (χ0) is 18.2. The monoisotopic (exact) mass is 354 g/mol. The lowest BCUT2D eigenvalue weighted by Gasteiger charge is -2.44. The van der Waals surface area contributed by atoms with E-state index < -0.39 is 13.9 Å². The van der Waals surface area contributed by atoms with Crippen molar-refractivity contribution in [3.63, 3.8) is 0 Å². The van der Waals surface area contributed by atoms with Crippen LogP contribution in [-0.2, 0) is 9.22 Å². The second kappa shape index (κ2) is 7.20. The molecule has 0 aromatic heterocycles. The third kappa shape index (κ3) is 3.81. The SMILES string of the molecule is CC[Si](CC)(CC)O[C@]1(C)CC[C@H]2C(=O)CC[C@@H](C(C)(C)O)C[C@H]21. The van der Waals surface area contributed by atoms with Gasteiger partial charge in [0.25, 0.3) is 0 Å². The number of carbonyl (C=O) groups is 1. The zero-order valence-electron chi connectivity index (χ0n) is 16.7. The summed E-state index contributed by atoms with van der Waals surface area (Å²) in [6, 6.07) is 3.45. The minimum atomic E-state index is -1.71. The summed E-state index contributed by atoms with van der Waals surface area (Å²) in [5, 5.41) is 10.6. The summed E-state index contributed by atoms with van der Waals surface area (Å²) in [6.45, 7) is 12.9. The first-order valence-corrected chi connectivity index (χ1v) is 12.6. The molecule has 140 valence electrons. The van der Waals surface area contributed by atoms with Crippen molar-refractivity contribution in [3.8, 4) is 0 Å². The predicted molar refractivity (Wildman–Crippen MR) is 102 cm³/mol. The van der Waals surface area contributed by atoms with E-state index in [2.05, 4.69) is 27.7 Å². The van der Waals surface area contributed by atoms with Crippen LogP contribution in [0.1, 0.15) is 73.6 Å². The minimum Gasteiger partial charge on any atom is -0.411 e. The first kappa shape index (κ1) is 20.1. The summed E-state index contributed by atoms with van der Waals surface area (Å²) in [4.78, 5) is 12.7. The van der Waals surface area contributed by atoms with E-state index in [4.69, 9.17) is 4.43 Å². The summed E-state index contributed by atoms with van der Waals surface area (Å²) in [6.07, 6.45) is 4.35. The van der Waals surface area contributed by atoms with Gasteiger partial charge in [-0.3, -0.25) is 4.79 Å². The van der Waals surface area contributed by atoms with Crippen molar-refractivity contribution in [1.82, 2.24) is 0 Å².